The standard InChI is InChI=1S/C11H15NO5/c1-12(8-3-4-8)9(13)7-17-11(15)6-5-10(14)16-2/h5-6,8H,3-4,7H2,1-2H3/b6-5+. The number of hydrogen-bond donors (Lipinski definition) is 0. The second-order valence-electron chi connectivity index (χ2n) is 3.70. The molecule has 0 unspecified atom stereocenters. The molecule has 0 atom stereocenters. The lowest BCUT2D eigenvalue weighted by Gasteiger charge is -2.15. The van der Waals surface area contributed by atoms with Crippen molar-refractivity contribution in [3.8, 4) is 0 Å². The highest BCUT2D eigenvalue weighted by Crippen LogP contribution is 2.25. The zero-order valence-electron chi connectivity index (χ0n) is 9.84. The van der Waals surface area contributed by atoms with Crippen LogP contribution in [0.5, 0.6) is 0 Å². The lowest BCUT2D eigenvalue weighted by atomic mass is 10.5. The van der Waals surface area contributed by atoms with E-state index in [1.165, 1.54) is 7.11 Å². The van der Waals surface area contributed by atoms with Crippen LogP contribution in [-0.2, 0) is 23.9 Å². The molecule has 0 aromatic heterocycles. The van der Waals surface area contributed by atoms with Gasteiger partial charge in [0, 0.05) is 25.2 Å². The maximum Gasteiger partial charge on any atom is 0.331 e. The first-order chi connectivity index (χ1) is 8.04. The van der Waals surface area contributed by atoms with Gasteiger partial charge in [-0.05, 0) is 12.8 Å². The van der Waals surface area contributed by atoms with Gasteiger partial charge in [0.15, 0.2) is 6.61 Å². The first kappa shape index (κ1) is 13.2. The molecule has 1 aliphatic carbocycles. The van der Waals surface area contributed by atoms with Gasteiger partial charge in [-0.1, -0.05) is 0 Å². The van der Waals surface area contributed by atoms with Crippen LogP contribution in [0.2, 0.25) is 0 Å². The first-order valence-corrected chi connectivity index (χ1v) is 5.23. The molecule has 0 spiro atoms. The van der Waals surface area contributed by atoms with E-state index in [0.717, 1.165) is 25.0 Å². The lowest BCUT2D eigenvalue weighted by molar-refractivity contribution is -0.148. The molecular weight excluding hydrogens is 226 g/mol. The topological polar surface area (TPSA) is 72.9 Å². The molecule has 17 heavy (non-hydrogen) atoms. The van der Waals surface area contributed by atoms with Crippen molar-refractivity contribution in [2.24, 2.45) is 0 Å². The minimum atomic E-state index is -0.743. The van der Waals surface area contributed by atoms with E-state index in [1.807, 2.05) is 0 Å². The van der Waals surface area contributed by atoms with Crippen molar-refractivity contribution in [1.29, 1.82) is 0 Å². The Morgan fingerprint density at radius 2 is 1.82 bits per heavy atom. The van der Waals surface area contributed by atoms with Crippen molar-refractivity contribution in [3.05, 3.63) is 12.2 Å². The quantitative estimate of drug-likeness (QED) is 0.495. The van der Waals surface area contributed by atoms with E-state index >= 15 is 0 Å². The number of ether oxygens (including phenoxy) is 2. The van der Waals surface area contributed by atoms with Gasteiger partial charge in [-0.25, -0.2) is 9.59 Å². The van der Waals surface area contributed by atoms with E-state index in [4.69, 9.17) is 0 Å². The third-order valence-corrected chi connectivity index (χ3v) is 2.38. The smallest absolute Gasteiger partial charge is 0.331 e. The Morgan fingerprint density at radius 1 is 1.24 bits per heavy atom. The summed E-state index contributed by atoms with van der Waals surface area (Å²) in [4.78, 5) is 34.8. The van der Waals surface area contributed by atoms with Gasteiger partial charge in [0.25, 0.3) is 5.91 Å². The van der Waals surface area contributed by atoms with Crippen LogP contribution < -0.4 is 0 Å². The number of amides is 1. The number of rotatable bonds is 5. The SMILES string of the molecule is COC(=O)/C=C/C(=O)OCC(=O)N(C)C1CC1. The van der Waals surface area contributed by atoms with Crippen molar-refractivity contribution in [2.45, 2.75) is 18.9 Å². The van der Waals surface area contributed by atoms with Crippen LogP contribution in [0, 0.1) is 0 Å². The molecule has 6 heteroatoms. The van der Waals surface area contributed by atoms with Crippen LogP contribution in [0.3, 0.4) is 0 Å². The van der Waals surface area contributed by atoms with Crippen LogP contribution in [0.25, 0.3) is 0 Å². The Bertz CT molecular complexity index is 346. The average molecular weight is 241 g/mol. The van der Waals surface area contributed by atoms with Crippen molar-refractivity contribution in [3.63, 3.8) is 0 Å². The van der Waals surface area contributed by atoms with E-state index in [9.17, 15) is 14.4 Å². The number of methoxy groups -OCH3 is 1. The number of likely N-dealkylation sites (N-methyl/N-ethyl adjacent to an activating group) is 1. The molecule has 1 rings (SSSR count). The fourth-order valence-electron chi connectivity index (χ4n) is 1.15. The van der Waals surface area contributed by atoms with Crippen LogP contribution in [0.15, 0.2) is 12.2 Å². The van der Waals surface area contributed by atoms with Gasteiger partial charge in [-0.15, -0.1) is 0 Å². The van der Waals surface area contributed by atoms with E-state index in [-0.39, 0.29) is 18.6 Å². The van der Waals surface area contributed by atoms with Crippen LogP contribution >= 0.6 is 0 Å². The van der Waals surface area contributed by atoms with Gasteiger partial charge in [-0.2, -0.15) is 0 Å². The minimum absolute atomic E-state index is 0.243. The van der Waals surface area contributed by atoms with Crippen molar-refractivity contribution in [2.75, 3.05) is 20.8 Å². The minimum Gasteiger partial charge on any atom is -0.466 e. The molecule has 6 nitrogen and oxygen atoms in total. The third-order valence-electron chi connectivity index (χ3n) is 2.38. The molecule has 0 radical (unpaired) electrons. The number of carbonyl (C=O) groups is 3. The largest absolute Gasteiger partial charge is 0.466 e. The molecule has 1 fully saturated rings. The Labute approximate surface area is 99.2 Å². The van der Waals surface area contributed by atoms with Crippen molar-refractivity contribution >= 4 is 17.8 Å². The molecule has 1 saturated carbocycles. The Morgan fingerprint density at radius 3 is 2.35 bits per heavy atom. The van der Waals surface area contributed by atoms with Gasteiger partial charge in [0.1, 0.15) is 0 Å². The van der Waals surface area contributed by atoms with E-state index < -0.39 is 11.9 Å². The van der Waals surface area contributed by atoms with E-state index in [0.29, 0.717) is 0 Å². The molecule has 0 bridgehead atoms. The molecule has 0 aromatic carbocycles. The van der Waals surface area contributed by atoms with Crippen LogP contribution in [0.1, 0.15) is 12.8 Å². The molecular formula is C11H15NO5. The molecule has 94 valence electrons. The summed E-state index contributed by atoms with van der Waals surface area (Å²) in [6.07, 6.45) is 3.87. The van der Waals surface area contributed by atoms with Crippen LogP contribution in [0.4, 0.5) is 0 Å². The normalized spacial score (nSPS) is 14.5. The molecule has 0 N–H and O–H groups in total. The summed E-state index contributed by atoms with van der Waals surface area (Å²) in [6.45, 7) is -0.308. The summed E-state index contributed by atoms with van der Waals surface area (Å²) in [5.41, 5.74) is 0. The second kappa shape index (κ2) is 6.03. The van der Waals surface area contributed by atoms with Crippen LogP contribution in [-0.4, -0.2) is 49.6 Å². The Balaban J connectivity index is 2.25. The highest BCUT2D eigenvalue weighted by molar-refractivity contribution is 5.92. The molecule has 0 aromatic rings. The van der Waals surface area contributed by atoms with Crippen molar-refractivity contribution < 1.29 is 23.9 Å². The monoisotopic (exact) mass is 241 g/mol. The lowest BCUT2D eigenvalue weighted by Crippen LogP contribution is -2.32. The van der Waals surface area contributed by atoms with Gasteiger partial charge >= 0.3 is 11.9 Å². The molecule has 0 aliphatic heterocycles. The number of hydrogen-bond acceptors (Lipinski definition) is 5. The number of esters is 2. The summed E-state index contributed by atoms with van der Waals surface area (Å²) < 4.78 is 8.97. The third kappa shape index (κ3) is 4.67. The Hall–Kier alpha value is -1.85. The summed E-state index contributed by atoms with van der Waals surface area (Å²) in [5.74, 6) is -1.64. The van der Waals surface area contributed by atoms with Gasteiger partial charge in [0.05, 0.1) is 7.11 Å². The fraction of sp³-hybridized carbons (Fsp3) is 0.545. The number of nitrogens with zero attached hydrogens (tertiary/aromatic N) is 1. The molecule has 1 amide bonds. The van der Waals surface area contributed by atoms with E-state index in [1.54, 1.807) is 11.9 Å². The molecule has 1 aliphatic rings. The summed E-state index contributed by atoms with van der Waals surface area (Å²) >= 11 is 0. The second-order valence-corrected chi connectivity index (χ2v) is 3.70. The maximum absolute atomic E-state index is 11.5. The number of carbonyl (C=O) groups excluding carboxylic acids is 3. The van der Waals surface area contributed by atoms with Gasteiger partial charge in [0.2, 0.25) is 0 Å². The highest BCUT2D eigenvalue weighted by atomic mass is 16.5. The zero-order valence-corrected chi connectivity index (χ0v) is 9.84. The summed E-state index contributed by atoms with van der Waals surface area (Å²) in [5, 5.41) is 0. The molecule has 0 heterocycles. The van der Waals surface area contributed by atoms with Gasteiger partial charge in [-0.3, -0.25) is 4.79 Å². The average Bonchev–Trinajstić information content (AvgIpc) is 3.15. The van der Waals surface area contributed by atoms with Gasteiger partial charge < -0.3 is 14.4 Å². The predicted octanol–water partition coefficient (Wildman–Crippen LogP) is -0.120. The van der Waals surface area contributed by atoms with Crippen molar-refractivity contribution in [1.82, 2.24) is 4.90 Å². The maximum atomic E-state index is 11.5. The zero-order chi connectivity index (χ0) is 12.8. The molecule has 0 saturated heterocycles. The Kier molecular flexibility index (Phi) is 4.68. The predicted molar refractivity (Wildman–Crippen MR) is 57.9 cm³/mol. The fourth-order valence-corrected chi connectivity index (χ4v) is 1.15. The highest BCUT2D eigenvalue weighted by Gasteiger charge is 2.29. The summed E-state index contributed by atoms with van der Waals surface area (Å²) in [6, 6.07) is 0.284. The summed E-state index contributed by atoms with van der Waals surface area (Å²) in [7, 11) is 2.88. The van der Waals surface area contributed by atoms with E-state index in [2.05, 4.69) is 9.47 Å². The first-order valence-electron chi connectivity index (χ1n) is 5.23.